The van der Waals surface area contributed by atoms with Gasteiger partial charge in [0.1, 0.15) is 17.4 Å². The fraction of sp³-hybridized carbons (Fsp3) is 0.500. The quantitative estimate of drug-likeness (QED) is 0.615. The molecule has 2 aromatic rings. The lowest BCUT2D eigenvalue weighted by Crippen LogP contribution is -2.34. The Balaban J connectivity index is 1.53. The van der Waals surface area contributed by atoms with E-state index in [0.29, 0.717) is 41.5 Å². The maximum Gasteiger partial charge on any atom is 0.226 e. The number of nitrogens with one attached hydrogen (secondary N) is 2. The third-order valence-electron chi connectivity index (χ3n) is 5.79. The maximum absolute atomic E-state index is 13.2. The minimum absolute atomic E-state index is 0.0435. The zero-order valence-corrected chi connectivity index (χ0v) is 16.9. The second-order valence-corrected chi connectivity index (χ2v) is 7.99. The van der Waals surface area contributed by atoms with Gasteiger partial charge in [-0.3, -0.25) is 0 Å². The average molecular weight is 410 g/mol. The van der Waals surface area contributed by atoms with Crippen molar-refractivity contribution in [2.24, 2.45) is 5.92 Å². The van der Waals surface area contributed by atoms with E-state index in [2.05, 4.69) is 31.6 Å². The smallest absolute Gasteiger partial charge is 0.226 e. The van der Waals surface area contributed by atoms with Gasteiger partial charge < -0.3 is 20.6 Å². The first kappa shape index (κ1) is 20.4. The summed E-state index contributed by atoms with van der Waals surface area (Å²) in [7, 11) is 0. The predicted octanol–water partition coefficient (Wildman–Crippen LogP) is 3.10. The Labute approximate surface area is 176 Å². The van der Waals surface area contributed by atoms with Gasteiger partial charge in [0, 0.05) is 26.2 Å². The molecule has 1 aliphatic carbocycles. The summed E-state index contributed by atoms with van der Waals surface area (Å²) in [6.07, 6.45) is 4.26. The van der Waals surface area contributed by atoms with Crippen LogP contribution in [0.4, 0.5) is 22.0 Å². The lowest BCUT2D eigenvalue weighted by Gasteiger charge is -2.33. The van der Waals surface area contributed by atoms with Gasteiger partial charge in [-0.15, -0.1) is 0 Å². The lowest BCUT2D eigenvalue weighted by molar-refractivity contribution is 0.311. The number of nitrogens with zero attached hydrogens (tertiary/aromatic N) is 4. The molecule has 0 amide bonds. The molecule has 0 unspecified atom stereocenters. The van der Waals surface area contributed by atoms with Crippen molar-refractivity contribution in [3.05, 3.63) is 41.2 Å². The number of rotatable bonds is 8. The summed E-state index contributed by atoms with van der Waals surface area (Å²) >= 11 is 0. The van der Waals surface area contributed by atoms with Gasteiger partial charge in [-0.05, 0) is 55.2 Å². The Hall–Kier alpha value is -2.92. The van der Waals surface area contributed by atoms with Crippen molar-refractivity contribution in [2.75, 3.05) is 48.3 Å². The summed E-state index contributed by atoms with van der Waals surface area (Å²) < 4.78 is 13.2. The fourth-order valence-corrected chi connectivity index (χ4v) is 3.88. The first-order valence-corrected chi connectivity index (χ1v) is 10.6. The topological polar surface area (TPSA) is 97.1 Å². The Morgan fingerprint density at radius 1 is 1.10 bits per heavy atom. The predicted molar refractivity (Wildman–Crippen MR) is 114 cm³/mol. The number of benzene rings is 1. The van der Waals surface area contributed by atoms with E-state index in [1.165, 1.54) is 25.0 Å². The number of anilines is 3. The zero-order chi connectivity index (χ0) is 20.9. The molecule has 1 saturated heterocycles. The Morgan fingerprint density at radius 2 is 1.83 bits per heavy atom. The number of hydrogen-bond donors (Lipinski definition) is 3. The number of hydrogen-bond acceptors (Lipinski definition) is 7. The number of aromatic nitrogens is 2. The molecular weight excluding hydrogens is 383 g/mol. The number of nitriles is 1. The van der Waals surface area contributed by atoms with Crippen LogP contribution in [0.25, 0.3) is 0 Å². The van der Waals surface area contributed by atoms with Crippen LogP contribution in [0, 0.1) is 23.1 Å². The Bertz CT molecular complexity index is 901. The third-order valence-corrected chi connectivity index (χ3v) is 5.79. The van der Waals surface area contributed by atoms with Gasteiger partial charge in [0.05, 0.1) is 6.61 Å². The summed E-state index contributed by atoms with van der Waals surface area (Å²) in [4.78, 5) is 11.3. The van der Waals surface area contributed by atoms with E-state index in [-0.39, 0.29) is 12.4 Å². The molecule has 8 heteroatoms. The molecule has 1 saturated carbocycles. The summed E-state index contributed by atoms with van der Waals surface area (Å²) in [5.41, 5.74) is 1.55. The summed E-state index contributed by atoms with van der Waals surface area (Å²) in [6.45, 7) is 2.62. The van der Waals surface area contributed by atoms with Crippen LogP contribution in [0.2, 0.25) is 0 Å². The SMILES string of the molecule is N#Cc1c(NCCO)nc(NCC2CC2)nc1N1CCC(c2ccc(F)cc2)CC1. The van der Waals surface area contributed by atoms with Gasteiger partial charge in [-0.1, -0.05) is 12.1 Å². The molecule has 30 heavy (non-hydrogen) atoms. The van der Waals surface area contributed by atoms with Crippen LogP contribution < -0.4 is 15.5 Å². The van der Waals surface area contributed by atoms with Crippen molar-refractivity contribution >= 4 is 17.6 Å². The van der Waals surface area contributed by atoms with E-state index >= 15 is 0 Å². The molecule has 3 N–H and O–H groups in total. The molecule has 2 fully saturated rings. The van der Waals surface area contributed by atoms with Gasteiger partial charge in [0.15, 0.2) is 11.6 Å². The van der Waals surface area contributed by atoms with Crippen LogP contribution in [-0.4, -0.2) is 47.9 Å². The molecule has 2 aliphatic rings. The monoisotopic (exact) mass is 410 g/mol. The molecule has 0 bridgehead atoms. The maximum atomic E-state index is 13.2. The van der Waals surface area contributed by atoms with E-state index in [0.717, 1.165) is 38.0 Å². The normalized spacial score (nSPS) is 16.9. The van der Waals surface area contributed by atoms with Crippen LogP contribution in [0.1, 0.15) is 42.7 Å². The minimum Gasteiger partial charge on any atom is -0.395 e. The first-order valence-electron chi connectivity index (χ1n) is 10.6. The van der Waals surface area contributed by atoms with E-state index in [1.807, 2.05) is 12.1 Å². The molecule has 0 radical (unpaired) electrons. The van der Waals surface area contributed by atoms with Gasteiger partial charge in [-0.2, -0.15) is 15.2 Å². The number of halogens is 1. The third kappa shape index (κ3) is 4.79. The lowest BCUT2D eigenvalue weighted by atomic mass is 9.89. The van der Waals surface area contributed by atoms with Crippen molar-refractivity contribution in [1.29, 1.82) is 5.26 Å². The van der Waals surface area contributed by atoms with Crippen molar-refractivity contribution in [3.63, 3.8) is 0 Å². The van der Waals surface area contributed by atoms with Crippen LogP contribution in [0.3, 0.4) is 0 Å². The molecular formula is C22H27FN6O. The molecule has 0 atom stereocenters. The highest BCUT2D eigenvalue weighted by molar-refractivity contribution is 5.68. The summed E-state index contributed by atoms with van der Waals surface area (Å²) in [6, 6.07) is 8.98. The van der Waals surface area contributed by atoms with Crippen molar-refractivity contribution in [1.82, 2.24) is 9.97 Å². The molecule has 7 nitrogen and oxygen atoms in total. The molecule has 2 heterocycles. The van der Waals surface area contributed by atoms with E-state index < -0.39 is 0 Å². The number of aliphatic hydroxyl groups excluding tert-OH is 1. The molecule has 1 aromatic carbocycles. The van der Waals surface area contributed by atoms with Crippen molar-refractivity contribution in [2.45, 2.75) is 31.6 Å². The minimum atomic E-state index is -0.218. The highest BCUT2D eigenvalue weighted by atomic mass is 19.1. The second kappa shape index (κ2) is 9.26. The average Bonchev–Trinajstić information content (AvgIpc) is 3.61. The summed E-state index contributed by atoms with van der Waals surface area (Å²) in [5.74, 6) is 2.42. The summed E-state index contributed by atoms with van der Waals surface area (Å²) in [5, 5.41) is 25.3. The molecule has 0 spiro atoms. The zero-order valence-electron chi connectivity index (χ0n) is 16.9. The molecule has 158 valence electrons. The molecule has 1 aromatic heterocycles. The van der Waals surface area contributed by atoms with Crippen molar-refractivity contribution in [3.8, 4) is 6.07 Å². The number of piperidine rings is 1. The van der Waals surface area contributed by atoms with E-state index in [4.69, 9.17) is 0 Å². The van der Waals surface area contributed by atoms with E-state index in [1.54, 1.807) is 0 Å². The fourth-order valence-electron chi connectivity index (χ4n) is 3.88. The van der Waals surface area contributed by atoms with Crippen molar-refractivity contribution < 1.29 is 9.50 Å². The Morgan fingerprint density at radius 3 is 2.47 bits per heavy atom. The van der Waals surface area contributed by atoms with Crippen LogP contribution in [-0.2, 0) is 0 Å². The van der Waals surface area contributed by atoms with E-state index in [9.17, 15) is 14.8 Å². The highest BCUT2D eigenvalue weighted by Gasteiger charge is 2.26. The van der Waals surface area contributed by atoms with Crippen LogP contribution >= 0.6 is 0 Å². The Kier molecular flexibility index (Phi) is 6.29. The van der Waals surface area contributed by atoms with Crippen LogP contribution in [0.15, 0.2) is 24.3 Å². The van der Waals surface area contributed by atoms with Gasteiger partial charge in [-0.25, -0.2) is 4.39 Å². The van der Waals surface area contributed by atoms with Gasteiger partial charge >= 0.3 is 0 Å². The standard InChI is InChI=1S/C22H27FN6O/c23-18-5-3-16(4-6-18)17-7-10-29(11-8-17)21-19(13-24)20(25-9-12-30)27-22(28-21)26-14-15-1-2-15/h3-6,15,17,30H,1-2,7-12,14H2,(H2,25,26,27,28). The van der Waals surface area contributed by atoms with Gasteiger partial charge in [0.2, 0.25) is 5.95 Å². The number of aliphatic hydroxyl groups is 1. The molecule has 4 rings (SSSR count). The first-order chi connectivity index (χ1) is 14.7. The highest BCUT2D eigenvalue weighted by Crippen LogP contribution is 2.34. The van der Waals surface area contributed by atoms with Gasteiger partial charge in [0.25, 0.3) is 0 Å². The second-order valence-electron chi connectivity index (χ2n) is 7.99. The molecule has 1 aliphatic heterocycles. The largest absolute Gasteiger partial charge is 0.395 e. The van der Waals surface area contributed by atoms with Crippen LogP contribution in [0.5, 0.6) is 0 Å².